The lowest BCUT2D eigenvalue weighted by molar-refractivity contribution is -0.0149. The predicted molar refractivity (Wildman–Crippen MR) is 177 cm³/mol. The van der Waals surface area contributed by atoms with E-state index in [0.717, 1.165) is 76.9 Å². The molecule has 0 amide bonds. The summed E-state index contributed by atoms with van der Waals surface area (Å²) in [5.74, 6) is 13.9. The number of unbranched alkanes of at least 4 members (excludes halogenated alkanes) is 1. The molecular formula is C40H74. The summed E-state index contributed by atoms with van der Waals surface area (Å²) in [6, 6.07) is 0. The zero-order valence-corrected chi connectivity index (χ0v) is 28.6. The van der Waals surface area contributed by atoms with Crippen LogP contribution < -0.4 is 0 Å². The molecule has 5 rings (SSSR count). The quantitative estimate of drug-likeness (QED) is 0.266. The lowest BCUT2D eigenvalue weighted by Crippen LogP contribution is -2.43. The summed E-state index contributed by atoms with van der Waals surface area (Å²) in [7, 11) is 0. The molecule has 0 aromatic heterocycles. The maximum atomic E-state index is 2.62. The smallest absolute Gasteiger partial charge is 0.0324 e. The van der Waals surface area contributed by atoms with Gasteiger partial charge in [0.15, 0.2) is 0 Å². The zero-order chi connectivity index (χ0) is 28.6. The second-order valence-electron chi connectivity index (χ2n) is 16.5. The van der Waals surface area contributed by atoms with Crippen LogP contribution in [-0.2, 0) is 0 Å². The van der Waals surface area contributed by atoms with Crippen molar-refractivity contribution in [3.63, 3.8) is 0 Å². The summed E-state index contributed by atoms with van der Waals surface area (Å²) in [4.78, 5) is 0. The third kappa shape index (κ3) is 7.93. The average Bonchev–Trinajstić information content (AvgIpc) is 3.63. The van der Waals surface area contributed by atoms with Crippen molar-refractivity contribution in [2.75, 3.05) is 0 Å². The Balaban J connectivity index is 0.000000201. The molecule has 0 aliphatic heterocycles. The Kier molecular flexibility index (Phi) is 13.3. The third-order valence-electron chi connectivity index (χ3n) is 14.4. The van der Waals surface area contributed by atoms with Crippen LogP contribution >= 0.6 is 0 Å². The monoisotopic (exact) mass is 555 g/mol. The number of fused-ring (bicyclic) bond motifs is 1. The highest BCUT2D eigenvalue weighted by Crippen LogP contribution is 2.57. The van der Waals surface area contributed by atoms with Gasteiger partial charge in [-0.25, -0.2) is 0 Å². The topological polar surface area (TPSA) is 0 Å². The first-order valence-corrected chi connectivity index (χ1v) is 19.4. The molecule has 40 heavy (non-hydrogen) atoms. The van der Waals surface area contributed by atoms with E-state index >= 15 is 0 Å². The van der Waals surface area contributed by atoms with Crippen molar-refractivity contribution in [2.45, 2.75) is 177 Å². The lowest BCUT2D eigenvalue weighted by atomic mass is 9.55. The maximum absolute atomic E-state index is 2.62. The summed E-state index contributed by atoms with van der Waals surface area (Å²) in [6.45, 7) is 17.2. The highest BCUT2D eigenvalue weighted by Gasteiger charge is 2.48. The highest BCUT2D eigenvalue weighted by molar-refractivity contribution is 4.98. The SMILES string of the molecule is CCC1CCC(C2CCC(C)C2)C(CC)C1.CCCCC1C(C)CC2CCCC2C1C1CCC(CC)C(CC)C1. The second kappa shape index (κ2) is 16.2. The van der Waals surface area contributed by atoms with Gasteiger partial charge in [-0.3, -0.25) is 0 Å². The fraction of sp³-hybridized carbons (Fsp3) is 1.00. The van der Waals surface area contributed by atoms with E-state index in [1.54, 1.807) is 64.2 Å². The molecular weight excluding hydrogens is 480 g/mol. The Bertz CT molecular complexity index is 694. The van der Waals surface area contributed by atoms with E-state index in [2.05, 4.69) is 48.5 Å². The molecule has 0 spiro atoms. The minimum absolute atomic E-state index is 1.00. The van der Waals surface area contributed by atoms with E-state index in [-0.39, 0.29) is 0 Å². The third-order valence-corrected chi connectivity index (χ3v) is 14.4. The number of rotatable bonds is 9. The molecule has 0 heteroatoms. The normalized spacial score (nSPS) is 45.5. The minimum Gasteiger partial charge on any atom is -0.0654 e. The maximum Gasteiger partial charge on any atom is -0.0324 e. The summed E-state index contributed by atoms with van der Waals surface area (Å²) in [5.41, 5.74) is 0. The van der Waals surface area contributed by atoms with Gasteiger partial charge in [0.1, 0.15) is 0 Å². The lowest BCUT2D eigenvalue weighted by Gasteiger charge is -2.51. The summed E-state index contributed by atoms with van der Waals surface area (Å²) >= 11 is 0. The molecule has 13 atom stereocenters. The van der Waals surface area contributed by atoms with E-state index in [1.165, 1.54) is 64.2 Å². The first-order chi connectivity index (χ1) is 19.4. The van der Waals surface area contributed by atoms with Gasteiger partial charge in [0.2, 0.25) is 0 Å². The van der Waals surface area contributed by atoms with Crippen molar-refractivity contribution in [2.24, 2.45) is 76.9 Å². The van der Waals surface area contributed by atoms with Gasteiger partial charge >= 0.3 is 0 Å². The van der Waals surface area contributed by atoms with Gasteiger partial charge in [-0.2, -0.15) is 0 Å². The second-order valence-corrected chi connectivity index (χ2v) is 16.5. The van der Waals surface area contributed by atoms with Crippen molar-refractivity contribution in [1.29, 1.82) is 0 Å². The minimum atomic E-state index is 1.00. The van der Waals surface area contributed by atoms with Gasteiger partial charge in [0, 0.05) is 0 Å². The van der Waals surface area contributed by atoms with Gasteiger partial charge < -0.3 is 0 Å². The first kappa shape index (κ1) is 32.9. The molecule has 5 aliphatic rings. The fourth-order valence-electron chi connectivity index (χ4n) is 12.1. The van der Waals surface area contributed by atoms with Crippen LogP contribution in [0.15, 0.2) is 0 Å². The number of hydrogen-bond acceptors (Lipinski definition) is 0. The molecule has 0 bridgehead atoms. The molecule has 5 fully saturated rings. The average molecular weight is 555 g/mol. The molecule has 5 saturated carbocycles. The Hall–Kier alpha value is 0. The summed E-state index contributed by atoms with van der Waals surface area (Å²) in [6.07, 6.45) is 30.3. The van der Waals surface area contributed by atoms with E-state index in [4.69, 9.17) is 0 Å². The molecule has 0 heterocycles. The van der Waals surface area contributed by atoms with Crippen molar-refractivity contribution in [3.8, 4) is 0 Å². The van der Waals surface area contributed by atoms with E-state index in [0.29, 0.717) is 0 Å². The van der Waals surface area contributed by atoms with E-state index in [9.17, 15) is 0 Å². The van der Waals surface area contributed by atoms with Crippen LogP contribution in [0.25, 0.3) is 0 Å². The van der Waals surface area contributed by atoms with Crippen LogP contribution in [0.4, 0.5) is 0 Å². The highest BCUT2D eigenvalue weighted by atomic mass is 14.5. The van der Waals surface area contributed by atoms with Crippen molar-refractivity contribution in [1.82, 2.24) is 0 Å². The fourth-order valence-corrected chi connectivity index (χ4v) is 12.1. The molecule has 0 saturated heterocycles. The molecule has 0 aromatic carbocycles. The Morgan fingerprint density at radius 3 is 1.90 bits per heavy atom. The summed E-state index contributed by atoms with van der Waals surface area (Å²) < 4.78 is 0. The van der Waals surface area contributed by atoms with E-state index in [1.807, 2.05) is 0 Å². The largest absolute Gasteiger partial charge is 0.0654 e. The molecule has 13 unspecified atom stereocenters. The van der Waals surface area contributed by atoms with Gasteiger partial charge in [0.05, 0.1) is 0 Å². The Labute approximate surface area is 253 Å². The Morgan fingerprint density at radius 1 is 0.525 bits per heavy atom. The van der Waals surface area contributed by atoms with Crippen LogP contribution in [0.2, 0.25) is 0 Å². The molecule has 0 radical (unpaired) electrons. The summed E-state index contributed by atoms with van der Waals surface area (Å²) in [5, 5.41) is 0. The Morgan fingerprint density at radius 2 is 1.25 bits per heavy atom. The van der Waals surface area contributed by atoms with Gasteiger partial charge in [0.25, 0.3) is 0 Å². The van der Waals surface area contributed by atoms with Gasteiger partial charge in [-0.05, 0) is 141 Å². The first-order valence-electron chi connectivity index (χ1n) is 19.4. The van der Waals surface area contributed by atoms with Gasteiger partial charge in [-0.1, -0.05) is 113 Å². The van der Waals surface area contributed by atoms with Crippen molar-refractivity contribution < 1.29 is 0 Å². The number of hydrogen-bond donors (Lipinski definition) is 0. The van der Waals surface area contributed by atoms with Crippen LogP contribution in [0.3, 0.4) is 0 Å². The van der Waals surface area contributed by atoms with Crippen LogP contribution in [0.1, 0.15) is 177 Å². The molecule has 5 aliphatic carbocycles. The molecule has 0 nitrogen and oxygen atoms in total. The van der Waals surface area contributed by atoms with Crippen LogP contribution in [0.5, 0.6) is 0 Å². The van der Waals surface area contributed by atoms with Crippen LogP contribution in [-0.4, -0.2) is 0 Å². The predicted octanol–water partition coefficient (Wildman–Crippen LogP) is 13.0. The molecule has 0 aromatic rings. The van der Waals surface area contributed by atoms with Crippen molar-refractivity contribution >= 4 is 0 Å². The zero-order valence-electron chi connectivity index (χ0n) is 28.6. The standard InChI is InChI=1S/C24H44.C16H30/c1-5-8-11-22-17(4)15-20-10-9-12-23(20)24(22)21-14-13-18(6-2)19(7-3)16-21;1-4-13-7-9-16(14(5-2)11-13)15-8-6-12(3)10-15/h17-24H,5-16H2,1-4H3;12-16H,4-11H2,1-3H3. The van der Waals surface area contributed by atoms with E-state index < -0.39 is 0 Å². The van der Waals surface area contributed by atoms with Crippen LogP contribution in [0, 0.1) is 76.9 Å². The molecule has 234 valence electrons. The van der Waals surface area contributed by atoms with Gasteiger partial charge in [-0.15, -0.1) is 0 Å². The van der Waals surface area contributed by atoms with Crippen molar-refractivity contribution in [3.05, 3.63) is 0 Å². The molecule has 0 N–H and O–H groups in total.